The van der Waals surface area contributed by atoms with Crippen molar-refractivity contribution >= 4 is 5.96 Å². The van der Waals surface area contributed by atoms with Crippen LogP contribution >= 0.6 is 0 Å². The predicted octanol–water partition coefficient (Wildman–Crippen LogP) is 3.38. The number of hydrogen-bond donors (Lipinski definition) is 2. The first-order valence-electron chi connectivity index (χ1n) is 9.04. The van der Waals surface area contributed by atoms with E-state index in [1.54, 1.807) is 7.05 Å². The normalized spacial score (nSPS) is 14.2. The second kappa shape index (κ2) is 9.11. The number of nitrogens with one attached hydrogen (secondary N) is 2. The Labute approximate surface area is 150 Å². The third kappa shape index (κ3) is 5.82. The fourth-order valence-corrected chi connectivity index (χ4v) is 2.65. The van der Waals surface area contributed by atoms with Gasteiger partial charge in [-0.3, -0.25) is 4.99 Å². The monoisotopic (exact) mass is 337 g/mol. The van der Waals surface area contributed by atoms with E-state index in [2.05, 4.69) is 46.0 Å². The van der Waals surface area contributed by atoms with E-state index in [-0.39, 0.29) is 0 Å². The summed E-state index contributed by atoms with van der Waals surface area (Å²) >= 11 is 0. The summed E-state index contributed by atoms with van der Waals surface area (Å²) in [6.45, 7) is 2.39. The summed E-state index contributed by atoms with van der Waals surface area (Å²) in [7, 11) is 1.80. The molecule has 0 atom stereocenters. The van der Waals surface area contributed by atoms with E-state index in [0.717, 1.165) is 42.8 Å². The molecule has 2 aromatic carbocycles. The van der Waals surface area contributed by atoms with Crippen LogP contribution in [-0.4, -0.2) is 26.2 Å². The molecule has 1 saturated carbocycles. The van der Waals surface area contributed by atoms with Gasteiger partial charge in [0.25, 0.3) is 0 Å². The zero-order valence-electron chi connectivity index (χ0n) is 14.9. The molecule has 4 nitrogen and oxygen atoms in total. The van der Waals surface area contributed by atoms with Gasteiger partial charge < -0.3 is 15.4 Å². The van der Waals surface area contributed by atoms with Crippen molar-refractivity contribution in [1.29, 1.82) is 0 Å². The van der Waals surface area contributed by atoms with Crippen molar-refractivity contribution < 1.29 is 4.74 Å². The largest absolute Gasteiger partial charge is 0.493 e. The SMILES string of the molecule is CN=C(NCCc1ccccc1)NCc1ccccc1OCC1CC1. The minimum absolute atomic E-state index is 0.700. The maximum atomic E-state index is 5.97. The molecule has 0 saturated heterocycles. The Morgan fingerprint density at radius 2 is 1.80 bits per heavy atom. The molecule has 0 heterocycles. The number of hydrogen-bond acceptors (Lipinski definition) is 2. The van der Waals surface area contributed by atoms with Crippen LogP contribution in [0.4, 0.5) is 0 Å². The van der Waals surface area contributed by atoms with Crippen LogP contribution < -0.4 is 15.4 Å². The van der Waals surface area contributed by atoms with Crippen molar-refractivity contribution in [1.82, 2.24) is 10.6 Å². The van der Waals surface area contributed by atoms with Gasteiger partial charge in [-0.05, 0) is 36.8 Å². The molecule has 2 N–H and O–H groups in total. The van der Waals surface area contributed by atoms with Crippen molar-refractivity contribution in [2.45, 2.75) is 25.8 Å². The lowest BCUT2D eigenvalue weighted by molar-refractivity contribution is 0.296. The lowest BCUT2D eigenvalue weighted by Gasteiger charge is -2.15. The topological polar surface area (TPSA) is 45.7 Å². The Bertz CT molecular complexity index is 681. The minimum Gasteiger partial charge on any atom is -0.493 e. The Morgan fingerprint density at radius 3 is 2.56 bits per heavy atom. The summed E-state index contributed by atoms with van der Waals surface area (Å²) in [6.07, 6.45) is 3.58. The molecule has 0 aromatic heterocycles. The van der Waals surface area contributed by atoms with Gasteiger partial charge in [0.2, 0.25) is 0 Å². The fourth-order valence-electron chi connectivity index (χ4n) is 2.65. The zero-order chi connectivity index (χ0) is 17.3. The molecular weight excluding hydrogens is 310 g/mol. The molecule has 0 radical (unpaired) electrons. The highest BCUT2D eigenvalue weighted by Gasteiger charge is 2.22. The lowest BCUT2D eigenvalue weighted by Crippen LogP contribution is -2.37. The van der Waals surface area contributed by atoms with E-state index < -0.39 is 0 Å². The standard InChI is InChI=1S/C21H27N3O/c1-22-21(23-14-13-17-7-3-2-4-8-17)24-15-19-9-5-6-10-20(19)25-16-18-11-12-18/h2-10,18H,11-16H2,1H3,(H2,22,23,24). The average Bonchev–Trinajstić information content (AvgIpc) is 3.49. The van der Waals surface area contributed by atoms with E-state index in [9.17, 15) is 0 Å². The molecule has 0 bridgehead atoms. The van der Waals surface area contributed by atoms with Crippen molar-refractivity contribution in [2.24, 2.45) is 10.9 Å². The Kier molecular flexibility index (Phi) is 6.32. The number of guanidine groups is 1. The number of benzene rings is 2. The maximum Gasteiger partial charge on any atom is 0.191 e. The molecule has 132 valence electrons. The third-order valence-electron chi connectivity index (χ3n) is 4.36. The molecule has 1 fully saturated rings. The zero-order valence-corrected chi connectivity index (χ0v) is 14.9. The molecule has 4 heteroatoms. The first kappa shape index (κ1) is 17.3. The number of ether oxygens (including phenoxy) is 1. The molecule has 1 aliphatic carbocycles. The van der Waals surface area contributed by atoms with Gasteiger partial charge >= 0.3 is 0 Å². The van der Waals surface area contributed by atoms with E-state index in [0.29, 0.717) is 6.54 Å². The molecular formula is C21H27N3O. The van der Waals surface area contributed by atoms with Crippen LogP contribution in [0.25, 0.3) is 0 Å². The predicted molar refractivity (Wildman–Crippen MR) is 103 cm³/mol. The maximum absolute atomic E-state index is 5.97. The highest BCUT2D eigenvalue weighted by atomic mass is 16.5. The van der Waals surface area contributed by atoms with Gasteiger partial charge in [-0.2, -0.15) is 0 Å². The molecule has 0 aliphatic heterocycles. The average molecular weight is 337 g/mol. The number of nitrogens with zero attached hydrogens (tertiary/aromatic N) is 1. The van der Waals surface area contributed by atoms with E-state index in [1.165, 1.54) is 18.4 Å². The van der Waals surface area contributed by atoms with Crippen LogP contribution in [-0.2, 0) is 13.0 Å². The lowest BCUT2D eigenvalue weighted by atomic mass is 10.1. The van der Waals surface area contributed by atoms with Crippen molar-refractivity contribution in [2.75, 3.05) is 20.2 Å². The highest BCUT2D eigenvalue weighted by molar-refractivity contribution is 5.79. The van der Waals surface area contributed by atoms with Crippen LogP contribution in [0.2, 0.25) is 0 Å². The van der Waals surface area contributed by atoms with Gasteiger partial charge in [0.15, 0.2) is 5.96 Å². The molecule has 0 unspecified atom stereocenters. The smallest absolute Gasteiger partial charge is 0.191 e. The summed E-state index contributed by atoms with van der Waals surface area (Å²) in [5.74, 6) is 2.54. The van der Waals surface area contributed by atoms with Crippen LogP contribution in [0.15, 0.2) is 59.6 Å². The summed E-state index contributed by atoms with van der Waals surface area (Å²) in [6, 6.07) is 18.7. The van der Waals surface area contributed by atoms with Crippen LogP contribution in [0.1, 0.15) is 24.0 Å². The molecule has 1 aliphatic rings. The molecule has 0 amide bonds. The summed E-state index contributed by atoms with van der Waals surface area (Å²) in [4.78, 5) is 4.30. The Morgan fingerprint density at radius 1 is 1.04 bits per heavy atom. The van der Waals surface area contributed by atoms with Crippen molar-refractivity contribution in [3.8, 4) is 5.75 Å². The first-order valence-corrected chi connectivity index (χ1v) is 9.04. The summed E-state index contributed by atoms with van der Waals surface area (Å²) in [5, 5.41) is 6.74. The van der Waals surface area contributed by atoms with Gasteiger partial charge in [-0.25, -0.2) is 0 Å². The molecule has 2 aromatic rings. The molecule has 0 spiro atoms. The van der Waals surface area contributed by atoms with Gasteiger partial charge in [0.1, 0.15) is 5.75 Å². The quantitative estimate of drug-likeness (QED) is 0.573. The second-order valence-electron chi connectivity index (χ2n) is 6.45. The second-order valence-corrected chi connectivity index (χ2v) is 6.45. The number of para-hydroxylation sites is 1. The van der Waals surface area contributed by atoms with Gasteiger partial charge in [-0.1, -0.05) is 48.5 Å². The fraction of sp³-hybridized carbons (Fsp3) is 0.381. The van der Waals surface area contributed by atoms with Gasteiger partial charge in [-0.15, -0.1) is 0 Å². The molecule has 3 rings (SSSR count). The van der Waals surface area contributed by atoms with Crippen molar-refractivity contribution in [3.63, 3.8) is 0 Å². The van der Waals surface area contributed by atoms with E-state index in [4.69, 9.17) is 4.74 Å². The van der Waals surface area contributed by atoms with Crippen LogP contribution in [0, 0.1) is 5.92 Å². The third-order valence-corrected chi connectivity index (χ3v) is 4.36. The van der Waals surface area contributed by atoms with Gasteiger partial charge in [0, 0.05) is 25.7 Å². The highest BCUT2D eigenvalue weighted by Crippen LogP contribution is 2.30. The van der Waals surface area contributed by atoms with Crippen molar-refractivity contribution in [3.05, 3.63) is 65.7 Å². The Balaban J connectivity index is 1.46. The summed E-state index contributed by atoms with van der Waals surface area (Å²) in [5.41, 5.74) is 2.48. The van der Waals surface area contributed by atoms with Gasteiger partial charge in [0.05, 0.1) is 6.61 Å². The summed E-state index contributed by atoms with van der Waals surface area (Å²) < 4.78 is 5.97. The van der Waals surface area contributed by atoms with Crippen LogP contribution in [0.5, 0.6) is 5.75 Å². The Hall–Kier alpha value is -2.49. The van der Waals surface area contributed by atoms with E-state index in [1.807, 2.05) is 24.3 Å². The number of rotatable bonds is 8. The van der Waals surface area contributed by atoms with Crippen LogP contribution in [0.3, 0.4) is 0 Å². The minimum atomic E-state index is 0.700. The van der Waals surface area contributed by atoms with E-state index >= 15 is 0 Å². The number of aliphatic imine (C=N–C) groups is 1. The molecule has 25 heavy (non-hydrogen) atoms. The first-order chi connectivity index (χ1) is 12.3.